The minimum atomic E-state index is 0.375. The molecule has 5 aromatic rings. The molecule has 0 radical (unpaired) electrons. The summed E-state index contributed by atoms with van der Waals surface area (Å²) in [6, 6.07) is 13.2. The van der Waals surface area contributed by atoms with Gasteiger partial charge in [-0.1, -0.05) is 11.6 Å². The quantitative estimate of drug-likeness (QED) is 0.470. The summed E-state index contributed by atoms with van der Waals surface area (Å²) in [4.78, 5) is 10.4. The topological polar surface area (TPSA) is 87.2 Å². The van der Waals surface area contributed by atoms with Crippen molar-refractivity contribution in [1.82, 2.24) is 39.7 Å². The highest BCUT2D eigenvalue weighted by molar-refractivity contribution is 6.30. The number of rotatable bonds is 4. The Kier molecular flexibility index (Phi) is 4.02. The minimum absolute atomic E-state index is 0.375. The van der Waals surface area contributed by atoms with Crippen molar-refractivity contribution in [3.63, 3.8) is 0 Å². The summed E-state index contributed by atoms with van der Waals surface area (Å²) in [5.74, 6) is 1.31. The van der Waals surface area contributed by atoms with E-state index in [0.717, 1.165) is 16.6 Å². The molecule has 0 aliphatic rings. The lowest BCUT2D eigenvalue weighted by Gasteiger charge is -2.10. The lowest BCUT2D eigenvalue weighted by molar-refractivity contribution is 0.564. The molecule has 9 heteroatoms. The van der Waals surface area contributed by atoms with Crippen molar-refractivity contribution in [3.8, 4) is 17.2 Å². The Labute approximate surface area is 164 Å². The molecule has 0 bridgehead atoms. The Morgan fingerprint density at radius 1 is 0.857 bits per heavy atom. The molecule has 28 heavy (non-hydrogen) atoms. The summed E-state index contributed by atoms with van der Waals surface area (Å²) in [6.07, 6.45) is 6.76. The molecule has 0 amide bonds. The average molecular weight is 389 g/mol. The molecule has 0 aliphatic carbocycles. The van der Waals surface area contributed by atoms with Gasteiger partial charge in [0, 0.05) is 28.5 Å². The number of hydrogen-bond donors (Lipinski definition) is 0. The van der Waals surface area contributed by atoms with Gasteiger partial charge in [-0.25, -0.2) is 4.98 Å². The standard InChI is InChI=1S/C19H13ClN8/c20-14-2-4-15(5-3-14)28-18(12-27-22-9-10-23-27)25-26-19(28)17-6-1-13-11-21-8-7-16(13)24-17/h1-11H,12H2. The van der Waals surface area contributed by atoms with E-state index in [4.69, 9.17) is 16.6 Å². The predicted molar refractivity (Wildman–Crippen MR) is 104 cm³/mol. The second kappa shape index (κ2) is 6.82. The van der Waals surface area contributed by atoms with Crippen LogP contribution in [0.5, 0.6) is 0 Å². The van der Waals surface area contributed by atoms with E-state index < -0.39 is 0 Å². The fraction of sp³-hybridized carbons (Fsp3) is 0.0526. The van der Waals surface area contributed by atoms with Gasteiger partial charge in [0.15, 0.2) is 11.6 Å². The minimum Gasteiger partial charge on any atom is -0.276 e. The number of benzene rings is 1. The zero-order valence-corrected chi connectivity index (χ0v) is 15.3. The maximum Gasteiger partial charge on any atom is 0.187 e. The van der Waals surface area contributed by atoms with E-state index in [0.29, 0.717) is 28.9 Å². The molecule has 4 heterocycles. The van der Waals surface area contributed by atoms with Crippen molar-refractivity contribution in [1.29, 1.82) is 0 Å². The number of halogens is 1. The van der Waals surface area contributed by atoms with Gasteiger partial charge in [-0.05, 0) is 42.5 Å². The fourth-order valence-corrected chi connectivity index (χ4v) is 3.11. The van der Waals surface area contributed by atoms with Crippen LogP contribution in [0.25, 0.3) is 28.1 Å². The number of nitrogens with zero attached hydrogens (tertiary/aromatic N) is 8. The lowest BCUT2D eigenvalue weighted by Crippen LogP contribution is -2.10. The molecule has 8 nitrogen and oxygen atoms in total. The van der Waals surface area contributed by atoms with E-state index >= 15 is 0 Å². The molecular weight excluding hydrogens is 376 g/mol. The lowest BCUT2D eigenvalue weighted by atomic mass is 10.2. The van der Waals surface area contributed by atoms with Gasteiger partial charge >= 0.3 is 0 Å². The molecule has 0 aliphatic heterocycles. The summed E-state index contributed by atoms with van der Waals surface area (Å²) >= 11 is 6.07. The van der Waals surface area contributed by atoms with Crippen molar-refractivity contribution in [3.05, 3.63) is 78.1 Å². The largest absolute Gasteiger partial charge is 0.276 e. The van der Waals surface area contributed by atoms with Crippen LogP contribution in [0.4, 0.5) is 0 Å². The number of hydrogen-bond acceptors (Lipinski definition) is 6. The summed E-state index contributed by atoms with van der Waals surface area (Å²) < 4.78 is 1.94. The molecular formula is C19H13ClN8. The molecule has 0 unspecified atom stereocenters. The monoisotopic (exact) mass is 388 g/mol. The van der Waals surface area contributed by atoms with Gasteiger partial charge in [0.1, 0.15) is 12.2 Å². The first-order valence-corrected chi connectivity index (χ1v) is 8.91. The third kappa shape index (κ3) is 2.99. The third-order valence-electron chi connectivity index (χ3n) is 4.28. The second-order valence-electron chi connectivity index (χ2n) is 6.08. The van der Waals surface area contributed by atoms with Crippen LogP contribution < -0.4 is 0 Å². The third-order valence-corrected chi connectivity index (χ3v) is 4.53. The first kappa shape index (κ1) is 16.5. The van der Waals surface area contributed by atoms with Gasteiger partial charge in [0.05, 0.1) is 17.9 Å². The number of aromatic nitrogens is 8. The molecule has 136 valence electrons. The normalized spacial score (nSPS) is 11.2. The zero-order valence-electron chi connectivity index (χ0n) is 14.5. The van der Waals surface area contributed by atoms with Crippen molar-refractivity contribution in [2.75, 3.05) is 0 Å². The smallest absolute Gasteiger partial charge is 0.187 e. The van der Waals surface area contributed by atoms with E-state index in [1.807, 2.05) is 47.0 Å². The van der Waals surface area contributed by atoms with E-state index in [-0.39, 0.29) is 0 Å². The SMILES string of the molecule is Clc1ccc(-n2c(Cn3nccn3)nnc2-c2ccc3cnccc3n2)cc1. The highest BCUT2D eigenvalue weighted by Gasteiger charge is 2.18. The molecule has 0 N–H and O–H groups in total. The summed E-state index contributed by atoms with van der Waals surface area (Å²) in [5, 5.41) is 18.7. The van der Waals surface area contributed by atoms with Crippen LogP contribution in [0.2, 0.25) is 5.02 Å². The van der Waals surface area contributed by atoms with Crippen LogP contribution in [-0.4, -0.2) is 39.7 Å². The fourth-order valence-electron chi connectivity index (χ4n) is 2.99. The maximum absolute atomic E-state index is 6.07. The molecule has 5 rings (SSSR count). The van der Waals surface area contributed by atoms with Crippen LogP contribution in [0, 0.1) is 0 Å². The predicted octanol–water partition coefficient (Wildman–Crippen LogP) is 3.17. The number of fused-ring (bicyclic) bond motifs is 1. The zero-order chi connectivity index (χ0) is 18.9. The Morgan fingerprint density at radius 3 is 2.50 bits per heavy atom. The van der Waals surface area contributed by atoms with Crippen molar-refractivity contribution >= 4 is 22.5 Å². The first-order valence-electron chi connectivity index (χ1n) is 8.53. The maximum atomic E-state index is 6.07. The molecule has 4 aromatic heterocycles. The van der Waals surface area contributed by atoms with Gasteiger partial charge in [-0.2, -0.15) is 15.0 Å². The Morgan fingerprint density at radius 2 is 1.68 bits per heavy atom. The van der Waals surface area contributed by atoms with E-state index in [1.165, 1.54) is 0 Å². The molecule has 0 saturated carbocycles. The summed E-state index contributed by atoms with van der Waals surface area (Å²) in [7, 11) is 0. The van der Waals surface area contributed by atoms with Gasteiger partial charge < -0.3 is 0 Å². The summed E-state index contributed by atoms with van der Waals surface area (Å²) in [5.41, 5.74) is 2.43. The second-order valence-corrected chi connectivity index (χ2v) is 6.51. The Balaban J connectivity index is 1.68. The van der Waals surface area contributed by atoms with Crippen LogP contribution in [0.3, 0.4) is 0 Å². The van der Waals surface area contributed by atoms with Crippen LogP contribution >= 0.6 is 11.6 Å². The van der Waals surface area contributed by atoms with Crippen molar-refractivity contribution in [2.45, 2.75) is 6.54 Å². The Hall–Kier alpha value is -3.65. The molecule has 0 atom stereocenters. The highest BCUT2D eigenvalue weighted by Crippen LogP contribution is 2.24. The van der Waals surface area contributed by atoms with Gasteiger partial charge in [-0.15, -0.1) is 10.2 Å². The number of pyridine rings is 2. The Bertz CT molecular complexity index is 1240. The van der Waals surface area contributed by atoms with Crippen molar-refractivity contribution in [2.24, 2.45) is 0 Å². The molecule has 0 saturated heterocycles. The van der Waals surface area contributed by atoms with Crippen LogP contribution in [0.15, 0.2) is 67.3 Å². The van der Waals surface area contributed by atoms with E-state index in [9.17, 15) is 0 Å². The van der Waals surface area contributed by atoms with Crippen molar-refractivity contribution < 1.29 is 0 Å². The van der Waals surface area contributed by atoms with Gasteiger partial charge in [-0.3, -0.25) is 9.55 Å². The van der Waals surface area contributed by atoms with Gasteiger partial charge in [0.2, 0.25) is 0 Å². The summed E-state index contributed by atoms with van der Waals surface area (Å²) in [6.45, 7) is 0.375. The first-order chi connectivity index (χ1) is 13.8. The van der Waals surface area contributed by atoms with Crippen LogP contribution in [0.1, 0.15) is 5.82 Å². The van der Waals surface area contributed by atoms with E-state index in [1.54, 1.807) is 29.6 Å². The molecule has 0 spiro atoms. The van der Waals surface area contributed by atoms with Gasteiger partial charge in [0.25, 0.3) is 0 Å². The van der Waals surface area contributed by atoms with E-state index in [2.05, 4.69) is 25.4 Å². The molecule has 1 aromatic carbocycles. The highest BCUT2D eigenvalue weighted by atomic mass is 35.5. The average Bonchev–Trinajstić information content (AvgIpc) is 3.39. The van der Waals surface area contributed by atoms with Crippen LogP contribution in [-0.2, 0) is 6.54 Å². The molecule has 0 fully saturated rings.